The fraction of sp³-hybridized carbons (Fsp3) is 0.933. The first-order valence-electron chi connectivity index (χ1n) is 8.03. The van der Waals surface area contributed by atoms with E-state index in [2.05, 4.69) is 5.32 Å². The summed E-state index contributed by atoms with van der Waals surface area (Å²) in [7, 11) is 0. The minimum absolute atomic E-state index is 0.0711. The number of piperidine rings is 1. The molecular formula is C15H25F3N2O2. The van der Waals surface area contributed by atoms with Gasteiger partial charge in [0.25, 0.3) is 0 Å². The Balaban J connectivity index is 1.87. The molecule has 2 saturated heterocycles. The lowest BCUT2D eigenvalue weighted by Gasteiger charge is -2.40. The Kier molecular flexibility index (Phi) is 5.37. The quantitative estimate of drug-likeness (QED) is 0.813. The standard InChI is InChI=1S/C15H25F3N2O2/c1-2-5-14(22,15(16,17)18)10-20-6-3-11(4-7-20)12-8-13(21)19-9-12/h11-12,22H,2-10H2,1H3,(H,19,21). The van der Waals surface area contributed by atoms with E-state index >= 15 is 0 Å². The van der Waals surface area contributed by atoms with Crippen molar-refractivity contribution in [2.45, 2.75) is 50.8 Å². The van der Waals surface area contributed by atoms with Gasteiger partial charge in [-0.1, -0.05) is 13.3 Å². The first kappa shape index (κ1) is 17.5. The molecule has 128 valence electrons. The SMILES string of the molecule is CCCC(O)(CN1CCC(C2CNC(=O)C2)CC1)C(F)(F)F. The molecular weight excluding hydrogens is 297 g/mol. The normalized spacial score (nSPS) is 27.7. The summed E-state index contributed by atoms with van der Waals surface area (Å²) in [6.07, 6.45) is -2.45. The van der Waals surface area contributed by atoms with Crippen molar-refractivity contribution >= 4 is 5.91 Å². The van der Waals surface area contributed by atoms with Crippen molar-refractivity contribution in [3.63, 3.8) is 0 Å². The van der Waals surface area contributed by atoms with Crippen molar-refractivity contribution in [1.29, 1.82) is 0 Å². The van der Waals surface area contributed by atoms with Crippen LogP contribution in [0.3, 0.4) is 0 Å². The highest BCUT2D eigenvalue weighted by molar-refractivity contribution is 5.78. The smallest absolute Gasteiger partial charge is 0.379 e. The molecule has 2 fully saturated rings. The molecule has 0 aromatic carbocycles. The molecule has 4 nitrogen and oxygen atoms in total. The third-order valence-electron chi connectivity index (χ3n) is 4.98. The van der Waals surface area contributed by atoms with Gasteiger partial charge >= 0.3 is 6.18 Å². The molecule has 2 N–H and O–H groups in total. The van der Waals surface area contributed by atoms with Gasteiger partial charge in [0.15, 0.2) is 5.60 Å². The molecule has 0 spiro atoms. The molecule has 0 radical (unpaired) electrons. The number of hydrogen-bond donors (Lipinski definition) is 2. The summed E-state index contributed by atoms with van der Waals surface area (Å²) < 4.78 is 39.3. The number of hydrogen-bond acceptors (Lipinski definition) is 3. The third-order valence-corrected chi connectivity index (χ3v) is 4.98. The molecule has 0 saturated carbocycles. The number of aliphatic hydroxyl groups is 1. The second-order valence-corrected chi connectivity index (χ2v) is 6.66. The summed E-state index contributed by atoms with van der Waals surface area (Å²) in [4.78, 5) is 13.0. The average molecular weight is 322 g/mol. The second-order valence-electron chi connectivity index (χ2n) is 6.66. The minimum atomic E-state index is -4.60. The van der Waals surface area contributed by atoms with Gasteiger partial charge in [-0.15, -0.1) is 0 Å². The van der Waals surface area contributed by atoms with E-state index in [1.54, 1.807) is 11.8 Å². The predicted molar refractivity (Wildman–Crippen MR) is 76.2 cm³/mol. The Morgan fingerprint density at radius 3 is 2.36 bits per heavy atom. The van der Waals surface area contributed by atoms with Crippen molar-refractivity contribution in [2.24, 2.45) is 11.8 Å². The molecule has 7 heteroatoms. The molecule has 22 heavy (non-hydrogen) atoms. The van der Waals surface area contributed by atoms with Crippen LogP contribution in [0.4, 0.5) is 13.2 Å². The van der Waals surface area contributed by atoms with Crippen LogP contribution in [-0.2, 0) is 4.79 Å². The zero-order valence-corrected chi connectivity index (χ0v) is 13.0. The molecule has 2 heterocycles. The molecule has 0 aliphatic carbocycles. The number of halogens is 3. The summed E-state index contributed by atoms with van der Waals surface area (Å²) in [6, 6.07) is 0. The van der Waals surface area contributed by atoms with E-state index in [9.17, 15) is 23.1 Å². The predicted octanol–water partition coefficient (Wildman–Crippen LogP) is 1.93. The van der Waals surface area contributed by atoms with Crippen LogP contribution in [-0.4, -0.2) is 53.9 Å². The lowest BCUT2D eigenvalue weighted by molar-refractivity contribution is -0.268. The number of rotatable bonds is 5. The van der Waals surface area contributed by atoms with Crippen molar-refractivity contribution in [3.8, 4) is 0 Å². The van der Waals surface area contributed by atoms with Crippen LogP contribution in [0.25, 0.3) is 0 Å². The second kappa shape index (κ2) is 6.74. The van der Waals surface area contributed by atoms with Crippen LogP contribution < -0.4 is 5.32 Å². The molecule has 0 aromatic heterocycles. The summed E-state index contributed by atoms with van der Waals surface area (Å²) in [5, 5.41) is 12.8. The van der Waals surface area contributed by atoms with Crippen molar-refractivity contribution in [2.75, 3.05) is 26.2 Å². The number of nitrogens with one attached hydrogen (secondary N) is 1. The topological polar surface area (TPSA) is 52.6 Å². The van der Waals surface area contributed by atoms with Crippen LogP contribution in [0.1, 0.15) is 39.0 Å². The Morgan fingerprint density at radius 1 is 1.27 bits per heavy atom. The maximum Gasteiger partial charge on any atom is 0.418 e. The summed E-state index contributed by atoms with van der Waals surface area (Å²) in [6.45, 7) is 3.09. The van der Waals surface area contributed by atoms with E-state index in [1.807, 2.05) is 0 Å². The average Bonchev–Trinajstić information content (AvgIpc) is 2.85. The number of carbonyl (C=O) groups excluding carboxylic acids is 1. The van der Waals surface area contributed by atoms with E-state index < -0.39 is 11.8 Å². The highest BCUT2D eigenvalue weighted by Gasteiger charge is 2.53. The lowest BCUT2D eigenvalue weighted by Crippen LogP contribution is -2.55. The molecule has 2 atom stereocenters. The van der Waals surface area contributed by atoms with Crippen molar-refractivity contribution < 1.29 is 23.1 Å². The Morgan fingerprint density at radius 2 is 1.91 bits per heavy atom. The van der Waals surface area contributed by atoms with Crippen LogP contribution in [0.5, 0.6) is 0 Å². The van der Waals surface area contributed by atoms with Crippen LogP contribution in [0.15, 0.2) is 0 Å². The van der Waals surface area contributed by atoms with E-state index in [0.29, 0.717) is 44.3 Å². The summed E-state index contributed by atoms with van der Waals surface area (Å²) in [5.41, 5.74) is -2.61. The van der Waals surface area contributed by atoms with Gasteiger partial charge in [0.2, 0.25) is 5.91 Å². The highest BCUT2D eigenvalue weighted by atomic mass is 19.4. The summed E-state index contributed by atoms with van der Waals surface area (Å²) in [5.74, 6) is 0.772. The van der Waals surface area contributed by atoms with E-state index in [4.69, 9.17) is 0 Å². The lowest BCUT2D eigenvalue weighted by atomic mass is 9.83. The first-order chi connectivity index (χ1) is 10.2. The molecule has 2 aliphatic heterocycles. The maximum absolute atomic E-state index is 13.1. The van der Waals surface area contributed by atoms with E-state index in [-0.39, 0.29) is 18.9 Å². The fourth-order valence-corrected chi connectivity index (χ4v) is 3.64. The Bertz CT molecular complexity index is 395. The van der Waals surface area contributed by atoms with Crippen LogP contribution in [0.2, 0.25) is 0 Å². The molecule has 1 amide bonds. The first-order valence-corrected chi connectivity index (χ1v) is 8.03. The van der Waals surface area contributed by atoms with Gasteiger partial charge in [0.1, 0.15) is 0 Å². The third kappa shape index (κ3) is 3.93. The zero-order valence-electron chi connectivity index (χ0n) is 13.0. The fourth-order valence-electron chi connectivity index (χ4n) is 3.64. The zero-order chi connectivity index (χ0) is 16.4. The van der Waals surface area contributed by atoms with Gasteiger partial charge in [-0.25, -0.2) is 0 Å². The van der Waals surface area contributed by atoms with Gasteiger partial charge in [0.05, 0.1) is 0 Å². The molecule has 0 bridgehead atoms. The highest BCUT2D eigenvalue weighted by Crippen LogP contribution is 2.36. The van der Waals surface area contributed by atoms with Gasteiger partial charge < -0.3 is 15.3 Å². The molecule has 2 unspecified atom stereocenters. The monoisotopic (exact) mass is 322 g/mol. The molecule has 2 aliphatic rings. The summed E-state index contributed by atoms with van der Waals surface area (Å²) >= 11 is 0. The van der Waals surface area contributed by atoms with E-state index in [0.717, 1.165) is 12.8 Å². The van der Waals surface area contributed by atoms with Crippen LogP contribution >= 0.6 is 0 Å². The number of β-amino-alcohol motifs (C(OH)–C–C–N with tert-alkyl or cyclic N) is 1. The van der Waals surface area contributed by atoms with Gasteiger partial charge in [-0.05, 0) is 44.2 Å². The van der Waals surface area contributed by atoms with Crippen molar-refractivity contribution in [3.05, 3.63) is 0 Å². The molecule has 0 aromatic rings. The van der Waals surface area contributed by atoms with Crippen LogP contribution in [0, 0.1) is 11.8 Å². The number of alkyl halides is 3. The van der Waals surface area contributed by atoms with Crippen molar-refractivity contribution in [1.82, 2.24) is 10.2 Å². The van der Waals surface area contributed by atoms with Gasteiger partial charge in [-0.3, -0.25) is 4.79 Å². The Hall–Kier alpha value is -0.820. The van der Waals surface area contributed by atoms with Gasteiger partial charge in [-0.2, -0.15) is 13.2 Å². The number of amides is 1. The maximum atomic E-state index is 13.1. The van der Waals surface area contributed by atoms with Gasteiger partial charge in [0, 0.05) is 19.5 Å². The number of carbonyl (C=O) groups is 1. The van der Waals surface area contributed by atoms with E-state index in [1.165, 1.54) is 0 Å². The Labute approximate surface area is 129 Å². The largest absolute Gasteiger partial charge is 0.418 e. The minimum Gasteiger partial charge on any atom is -0.379 e. The number of nitrogens with zero attached hydrogens (tertiary/aromatic N) is 1. The molecule has 2 rings (SSSR count). The number of likely N-dealkylation sites (tertiary alicyclic amines) is 1.